The van der Waals surface area contributed by atoms with E-state index in [0.717, 1.165) is 15.6 Å². The van der Waals surface area contributed by atoms with Gasteiger partial charge in [0.05, 0.1) is 20.8 Å². The third-order valence-corrected chi connectivity index (χ3v) is 4.62. The number of nitrogens with zero attached hydrogens (tertiary/aromatic N) is 3. The van der Waals surface area contributed by atoms with Crippen molar-refractivity contribution in [2.24, 2.45) is 0 Å². The van der Waals surface area contributed by atoms with Gasteiger partial charge >= 0.3 is 0 Å². The zero-order valence-electron chi connectivity index (χ0n) is 15.7. The van der Waals surface area contributed by atoms with Gasteiger partial charge in [-0.3, -0.25) is 10.1 Å². The summed E-state index contributed by atoms with van der Waals surface area (Å²) in [5.74, 6) is 1.42. The molecule has 0 saturated heterocycles. The number of halogens is 1. The topological polar surface area (TPSA) is 78.3 Å². The fraction of sp³-hybridized carbons (Fsp3) is 0.250. The Morgan fingerprint density at radius 3 is 2.75 bits per heavy atom. The van der Waals surface area contributed by atoms with Crippen molar-refractivity contribution >= 4 is 27.8 Å². The zero-order chi connectivity index (χ0) is 19.9. The highest BCUT2D eigenvalue weighted by molar-refractivity contribution is 9.10. The Labute approximate surface area is 171 Å². The van der Waals surface area contributed by atoms with Crippen LogP contribution in [-0.4, -0.2) is 34.9 Å². The van der Waals surface area contributed by atoms with Crippen molar-refractivity contribution in [1.29, 1.82) is 0 Å². The summed E-state index contributed by atoms with van der Waals surface area (Å²) in [5, 5.41) is 7.04. The fourth-order valence-electron chi connectivity index (χ4n) is 2.84. The van der Waals surface area contributed by atoms with Crippen LogP contribution < -0.4 is 14.8 Å². The molecular weight excluding hydrogens is 424 g/mol. The van der Waals surface area contributed by atoms with Gasteiger partial charge in [0, 0.05) is 10.9 Å². The average molecular weight is 445 g/mol. The van der Waals surface area contributed by atoms with Gasteiger partial charge in [0.15, 0.2) is 11.5 Å². The summed E-state index contributed by atoms with van der Waals surface area (Å²) >= 11 is 3.45. The molecule has 1 heterocycles. The monoisotopic (exact) mass is 444 g/mol. The molecule has 0 radical (unpaired) electrons. The number of para-hydroxylation sites is 1. The number of nitrogens with one attached hydrogen (secondary N) is 1. The minimum Gasteiger partial charge on any atom is -0.493 e. The summed E-state index contributed by atoms with van der Waals surface area (Å²) in [6.07, 6.45) is 2.40. The van der Waals surface area contributed by atoms with E-state index >= 15 is 0 Å². The predicted octanol–water partition coefficient (Wildman–Crippen LogP) is 3.68. The van der Waals surface area contributed by atoms with Crippen LogP contribution in [-0.2, 0) is 17.8 Å². The number of amides is 1. The maximum atomic E-state index is 12.3. The Morgan fingerprint density at radius 1 is 1.18 bits per heavy atom. The number of carbonyl (C=O) groups excluding carboxylic acids is 1. The summed E-state index contributed by atoms with van der Waals surface area (Å²) < 4.78 is 13.4. The molecule has 1 amide bonds. The summed E-state index contributed by atoms with van der Waals surface area (Å²) in [4.78, 5) is 16.4. The number of anilines is 1. The van der Waals surface area contributed by atoms with Gasteiger partial charge in [-0.15, -0.1) is 5.10 Å². The second kappa shape index (κ2) is 9.36. The Hall–Kier alpha value is -2.87. The smallest absolute Gasteiger partial charge is 0.248 e. The highest BCUT2D eigenvalue weighted by atomic mass is 79.9. The van der Waals surface area contributed by atoms with E-state index in [2.05, 4.69) is 31.3 Å². The lowest BCUT2D eigenvalue weighted by Gasteiger charge is -2.12. The van der Waals surface area contributed by atoms with Gasteiger partial charge in [-0.25, -0.2) is 9.67 Å². The molecule has 0 fully saturated rings. The molecule has 1 aromatic heterocycles. The van der Waals surface area contributed by atoms with Crippen molar-refractivity contribution in [2.45, 2.75) is 19.4 Å². The summed E-state index contributed by atoms with van der Waals surface area (Å²) in [5.41, 5.74) is 1.99. The number of ether oxygens (including phenoxy) is 2. The minimum atomic E-state index is -0.162. The average Bonchev–Trinajstić information content (AvgIpc) is 3.12. The van der Waals surface area contributed by atoms with Gasteiger partial charge in [0.25, 0.3) is 0 Å². The Balaban J connectivity index is 1.57. The lowest BCUT2D eigenvalue weighted by Crippen LogP contribution is -2.14. The molecule has 8 heteroatoms. The van der Waals surface area contributed by atoms with Crippen LogP contribution in [0.2, 0.25) is 0 Å². The third-order valence-electron chi connectivity index (χ3n) is 4.13. The highest BCUT2D eigenvalue weighted by Crippen LogP contribution is 2.31. The van der Waals surface area contributed by atoms with Crippen LogP contribution in [0.3, 0.4) is 0 Å². The number of methoxy groups -OCH3 is 2. The molecule has 0 unspecified atom stereocenters. The molecule has 2 aromatic carbocycles. The molecule has 146 valence electrons. The molecular formula is C20H21BrN4O3. The van der Waals surface area contributed by atoms with Crippen molar-refractivity contribution in [2.75, 3.05) is 19.5 Å². The summed E-state index contributed by atoms with van der Waals surface area (Å²) in [6.45, 7) is 0.573. The van der Waals surface area contributed by atoms with E-state index < -0.39 is 0 Å². The molecule has 28 heavy (non-hydrogen) atoms. The maximum absolute atomic E-state index is 12.3. The molecule has 0 saturated carbocycles. The third kappa shape index (κ3) is 5.10. The van der Waals surface area contributed by atoms with E-state index in [4.69, 9.17) is 9.47 Å². The fourth-order valence-corrected chi connectivity index (χ4v) is 3.28. The maximum Gasteiger partial charge on any atom is 0.248 e. The summed E-state index contributed by atoms with van der Waals surface area (Å²) in [7, 11) is 3.17. The van der Waals surface area contributed by atoms with Crippen LogP contribution in [0.5, 0.6) is 11.5 Å². The highest BCUT2D eigenvalue weighted by Gasteiger charge is 2.12. The van der Waals surface area contributed by atoms with Crippen LogP contribution in [0, 0.1) is 0 Å². The molecule has 1 N–H and O–H groups in total. The van der Waals surface area contributed by atoms with Gasteiger partial charge in [-0.05, 0) is 35.7 Å². The van der Waals surface area contributed by atoms with Gasteiger partial charge in [0.1, 0.15) is 6.33 Å². The van der Waals surface area contributed by atoms with E-state index in [1.54, 1.807) is 25.2 Å². The number of aryl methyl sites for hydroxylation is 1. The first kappa shape index (κ1) is 19.9. The molecule has 0 aliphatic carbocycles. The van der Waals surface area contributed by atoms with Crippen molar-refractivity contribution < 1.29 is 14.3 Å². The number of rotatable bonds is 8. The number of hydrogen-bond donors (Lipinski definition) is 1. The molecule has 0 bridgehead atoms. The van der Waals surface area contributed by atoms with Gasteiger partial charge < -0.3 is 9.47 Å². The lowest BCUT2D eigenvalue weighted by molar-refractivity contribution is -0.116. The number of carbonyl (C=O) groups is 1. The molecule has 7 nitrogen and oxygen atoms in total. The van der Waals surface area contributed by atoms with E-state index in [-0.39, 0.29) is 18.3 Å². The van der Waals surface area contributed by atoms with Crippen molar-refractivity contribution in [3.63, 3.8) is 0 Å². The van der Waals surface area contributed by atoms with Crippen molar-refractivity contribution in [1.82, 2.24) is 14.8 Å². The zero-order valence-corrected chi connectivity index (χ0v) is 17.3. The van der Waals surface area contributed by atoms with Gasteiger partial charge in [-0.2, -0.15) is 0 Å². The largest absolute Gasteiger partial charge is 0.493 e. The number of aromatic nitrogens is 3. The number of hydrogen-bond acceptors (Lipinski definition) is 5. The second-order valence-electron chi connectivity index (χ2n) is 6.10. The molecule has 3 rings (SSSR count). The lowest BCUT2D eigenvalue weighted by atomic mass is 10.1. The summed E-state index contributed by atoms with van der Waals surface area (Å²) in [6, 6.07) is 13.6. The minimum absolute atomic E-state index is 0.162. The van der Waals surface area contributed by atoms with Crippen LogP contribution in [0.4, 0.5) is 5.95 Å². The Bertz CT molecular complexity index is 958. The van der Waals surface area contributed by atoms with Gasteiger partial charge in [-0.1, -0.05) is 40.2 Å². The van der Waals surface area contributed by atoms with Crippen LogP contribution >= 0.6 is 15.9 Å². The van der Waals surface area contributed by atoms with E-state index in [9.17, 15) is 4.79 Å². The quantitative estimate of drug-likeness (QED) is 0.573. The van der Waals surface area contributed by atoms with Gasteiger partial charge in [0.2, 0.25) is 11.9 Å². The van der Waals surface area contributed by atoms with Crippen molar-refractivity contribution in [3.05, 3.63) is 64.4 Å². The normalized spacial score (nSPS) is 10.5. The predicted molar refractivity (Wildman–Crippen MR) is 110 cm³/mol. The van der Waals surface area contributed by atoms with E-state index in [1.807, 2.05) is 42.5 Å². The molecule has 0 aliphatic rings. The standard InChI is InChI=1S/C20H21BrN4O3/c1-27-17-8-4-6-15(19(17)28-2)9-10-18(26)23-20-22-13-25(24-20)12-14-5-3-7-16(21)11-14/h3-8,11,13H,9-10,12H2,1-2H3,(H,23,24,26). The Morgan fingerprint density at radius 2 is 2.00 bits per heavy atom. The SMILES string of the molecule is COc1cccc(CCC(=O)Nc2ncn(Cc3cccc(Br)c3)n2)c1OC. The second-order valence-corrected chi connectivity index (χ2v) is 7.01. The van der Waals surface area contributed by atoms with E-state index in [1.165, 1.54) is 0 Å². The molecule has 0 aliphatic heterocycles. The van der Waals surface area contributed by atoms with Crippen LogP contribution in [0.1, 0.15) is 17.5 Å². The Kier molecular flexibility index (Phi) is 6.65. The number of benzene rings is 2. The molecule has 0 spiro atoms. The van der Waals surface area contributed by atoms with Crippen LogP contribution in [0.25, 0.3) is 0 Å². The first-order chi connectivity index (χ1) is 13.6. The first-order valence-corrected chi connectivity index (χ1v) is 9.52. The van der Waals surface area contributed by atoms with E-state index in [0.29, 0.717) is 24.5 Å². The molecule has 0 atom stereocenters. The van der Waals surface area contributed by atoms with Crippen molar-refractivity contribution in [3.8, 4) is 11.5 Å². The first-order valence-electron chi connectivity index (χ1n) is 8.72. The molecule has 3 aromatic rings. The van der Waals surface area contributed by atoms with Crippen LogP contribution in [0.15, 0.2) is 53.3 Å².